The van der Waals surface area contributed by atoms with Crippen molar-refractivity contribution in [2.45, 2.75) is 10.2 Å². The normalized spacial score (nSPS) is 14.5. The first kappa shape index (κ1) is 11.5. The van der Waals surface area contributed by atoms with Crippen LogP contribution in [0.3, 0.4) is 0 Å². The number of ether oxygens (including phenoxy) is 1. The highest BCUT2D eigenvalue weighted by atomic mass is 79.9. The van der Waals surface area contributed by atoms with Crippen molar-refractivity contribution in [1.82, 2.24) is 0 Å². The van der Waals surface area contributed by atoms with E-state index < -0.39 is 11.3 Å². The summed E-state index contributed by atoms with van der Waals surface area (Å²) >= 11 is 9.25. The fraction of sp³-hybridized carbons (Fsp3) is 0.300. The lowest BCUT2D eigenvalue weighted by Gasteiger charge is -2.14. The molecule has 4 heteroatoms. The molecule has 0 heterocycles. The van der Waals surface area contributed by atoms with E-state index in [-0.39, 0.29) is 4.83 Å². The van der Waals surface area contributed by atoms with Crippen LogP contribution in [-0.4, -0.2) is 18.5 Å². The number of halogens is 2. The van der Waals surface area contributed by atoms with Gasteiger partial charge in [0.05, 0.1) is 11.9 Å². The third kappa shape index (κ3) is 2.72. The van der Waals surface area contributed by atoms with Gasteiger partial charge in [-0.15, -0.1) is 11.6 Å². The van der Waals surface area contributed by atoms with Crippen LogP contribution in [0.2, 0.25) is 0 Å². The van der Waals surface area contributed by atoms with Crippen molar-refractivity contribution in [2.24, 2.45) is 0 Å². The average molecular weight is 278 g/mol. The summed E-state index contributed by atoms with van der Waals surface area (Å²) in [6, 6.07) is 9.50. The van der Waals surface area contributed by atoms with Crippen molar-refractivity contribution in [1.29, 1.82) is 0 Å². The number of carbonyl (C=O) groups is 1. The molecule has 2 nitrogen and oxygen atoms in total. The number of methoxy groups -OCH3 is 1. The lowest BCUT2D eigenvalue weighted by atomic mass is 10.1. The molecule has 0 amide bonds. The second kappa shape index (κ2) is 5.37. The lowest BCUT2D eigenvalue weighted by Crippen LogP contribution is -2.20. The summed E-state index contributed by atoms with van der Waals surface area (Å²) in [6.45, 7) is 0. The molecule has 0 aliphatic rings. The number of alkyl halides is 2. The molecule has 0 radical (unpaired) electrons. The number of rotatable bonds is 3. The minimum Gasteiger partial charge on any atom is -0.468 e. The molecule has 76 valence electrons. The van der Waals surface area contributed by atoms with Crippen molar-refractivity contribution >= 4 is 33.5 Å². The summed E-state index contributed by atoms with van der Waals surface area (Å²) in [6.07, 6.45) is 0. The van der Waals surface area contributed by atoms with Gasteiger partial charge in [-0.05, 0) is 5.56 Å². The minimum atomic E-state index is -0.706. The van der Waals surface area contributed by atoms with Crippen LogP contribution in [0.4, 0.5) is 0 Å². The van der Waals surface area contributed by atoms with Crippen LogP contribution in [0.15, 0.2) is 30.3 Å². The molecule has 1 rings (SSSR count). The van der Waals surface area contributed by atoms with Crippen LogP contribution in [0.25, 0.3) is 0 Å². The highest BCUT2D eigenvalue weighted by Crippen LogP contribution is 2.30. The number of benzene rings is 1. The summed E-state index contributed by atoms with van der Waals surface area (Å²) < 4.78 is 4.55. The zero-order chi connectivity index (χ0) is 10.6. The Morgan fingerprint density at radius 2 is 2.00 bits per heavy atom. The van der Waals surface area contributed by atoms with E-state index in [4.69, 9.17) is 11.6 Å². The van der Waals surface area contributed by atoms with E-state index in [2.05, 4.69) is 20.7 Å². The smallest absolute Gasteiger partial charge is 0.325 e. The number of hydrogen-bond donors (Lipinski definition) is 0. The fourth-order valence-electron chi connectivity index (χ4n) is 1.04. The summed E-state index contributed by atoms with van der Waals surface area (Å²) in [5, 5.41) is -0.706. The van der Waals surface area contributed by atoms with E-state index >= 15 is 0 Å². The zero-order valence-corrected chi connectivity index (χ0v) is 9.96. The molecule has 0 saturated heterocycles. The molecular weight excluding hydrogens is 267 g/mol. The van der Waals surface area contributed by atoms with E-state index in [1.807, 2.05) is 30.3 Å². The SMILES string of the molecule is COC(=O)[C@@H](Cl)[C@H](Br)c1ccccc1. The molecule has 0 saturated carbocycles. The van der Waals surface area contributed by atoms with Gasteiger partial charge in [0.15, 0.2) is 0 Å². The van der Waals surface area contributed by atoms with Gasteiger partial charge in [-0.1, -0.05) is 46.3 Å². The van der Waals surface area contributed by atoms with Crippen molar-refractivity contribution in [2.75, 3.05) is 7.11 Å². The standard InChI is InChI=1S/C10H10BrClO2/c1-14-10(13)9(12)8(11)7-5-3-2-4-6-7/h2-6,8-9H,1H3/t8-,9+/m1/s1. The second-order valence-corrected chi connectivity index (χ2v) is 4.19. The van der Waals surface area contributed by atoms with E-state index in [0.717, 1.165) is 5.56 Å². The van der Waals surface area contributed by atoms with Gasteiger partial charge in [0, 0.05) is 0 Å². The molecule has 0 aromatic heterocycles. The fourth-order valence-corrected chi connectivity index (χ4v) is 1.79. The molecule has 14 heavy (non-hydrogen) atoms. The molecule has 0 aliphatic heterocycles. The second-order valence-electron chi connectivity index (χ2n) is 2.74. The number of hydrogen-bond acceptors (Lipinski definition) is 2. The third-order valence-electron chi connectivity index (χ3n) is 1.80. The molecule has 1 aromatic carbocycles. The first-order valence-corrected chi connectivity index (χ1v) is 5.43. The Kier molecular flexibility index (Phi) is 4.42. The Morgan fingerprint density at radius 3 is 2.50 bits per heavy atom. The molecule has 0 fully saturated rings. The van der Waals surface area contributed by atoms with E-state index in [0.29, 0.717) is 0 Å². The molecular formula is C10H10BrClO2. The topological polar surface area (TPSA) is 26.3 Å². The monoisotopic (exact) mass is 276 g/mol. The van der Waals surface area contributed by atoms with Crippen LogP contribution in [-0.2, 0) is 9.53 Å². The number of carbonyl (C=O) groups excluding carboxylic acids is 1. The van der Waals surface area contributed by atoms with Gasteiger partial charge in [0.25, 0.3) is 0 Å². The van der Waals surface area contributed by atoms with Gasteiger partial charge in [-0.3, -0.25) is 4.79 Å². The molecule has 0 spiro atoms. The maximum Gasteiger partial charge on any atom is 0.325 e. The number of esters is 1. The summed E-state index contributed by atoms with van der Waals surface area (Å²) in [5.74, 6) is -0.433. The van der Waals surface area contributed by atoms with Crippen LogP contribution >= 0.6 is 27.5 Å². The van der Waals surface area contributed by atoms with Gasteiger partial charge < -0.3 is 4.74 Å². The summed E-state index contributed by atoms with van der Waals surface area (Å²) in [7, 11) is 1.32. The van der Waals surface area contributed by atoms with Crippen molar-refractivity contribution in [3.8, 4) is 0 Å². The van der Waals surface area contributed by atoms with Crippen molar-refractivity contribution in [3.05, 3.63) is 35.9 Å². The Balaban J connectivity index is 2.75. The molecule has 0 bridgehead atoms. The Hall–Kier alpha value is -0.540. The van der Waals surface area contributed by atoms with Crippen molar-refractivity contribution in [3.63, 3.8) is 0 Å². The predicted octanol–water partition coefficient (Wildman–Crippen LogP) is 2.90. The predicted molar refractivity (Wildman–Crippen MR) is 59.8 cm³/mol. The quantitative estimate of drug-likeness (QED) is 0.627. The summed E-state index contributed by atoms with van der Waals surface area (Å²) in [5.41, 5.74) is 0.956. The van der Waals surface area contributed by atoms with Crippen LogP contribution in [0, 0.1) is 0 Å². The molecule has 1 aromatic rings. The Bertz CT molecular complexity index is 302. The van der Waals surface area contributed by atoms with E-state index in [9.17, 15) is 4.79 Å². The Morgan fingerprint density at radius 1 is 1.43 bits per heavy atom. The van der Waals surface area contributed by atoms with Crippen LogP contribution < -0.4 is 0 Å². The lowest BCUT2D eigenvalue weighted by molar-refractivity contribution is -0.140. The highest BCUT2D eigenvalue weighted by molar-refractivity contribution is 9.09. The van der Waals surface area contributed by atoms with Gasteiger partial charge in [0.1, 0.15) is 5.38 Å². The maximum absolute atomic E-state index is 11.1. The van der Waals surface area contributed by atoms with Crippen molar-refractivity contribution < 1.29 is 9.53 Å². The van der Waals surface area contributed by atoms with Gasteiger partial charge in [-0.2, -0.15) is 0 Å². The third-order valence-corrected chi connectivity index (χ3v) is 3.59. The van der Waals surface area contributed by atoms with Gasteiger partial charge in [0.2, 0.25) is 0 Å². The molecule has 0 unspecified atom stereocenters. The highest BCUT2D eigenvalue weighted by Gasteiger charge is 2.25. The molecule has 2 atom stereocenters. The van der Waals surface area contributed by atoms with Crippen LogP contribution in [0.5, 0.6) is 0 Å². The first-order valence-electron chi connectivity index (χ1n) is 4.07. The van der Waals surface area contributed by atoms with Gasteiger partial charge >= 0.3 is 5.97 Å². The first-order chi connectivity index (χ1) is 6.66. The Labute approximate surface area is 96.3 Å². The molecule has 0 N–H and O–H groups in total. The summed E-state index contributed by atoms with van der Waals surface area (Å²) in [4.78, 5) is 10.9. The van der Waals surface area contributed by atoms with Crippen LogP contribution in [0.1, 0.15) is 10.4 Å². The molecule has 0 aliphatic carbocycles. The largest absolute Gasteiger partial charge is 0.468 e. The minimum absolute atomic E-state index is 0.224. The maximum atomic E-state index is 11.1. The average Bonchev–Trinajstić information content (AvgIpc) is 2.27. The van der Waals surface area contributed by atoms with Gasteiger partial charge in [-0.25, -0.2) is 0 Å². The van der Waals surface area contributed by atoms with E-state index in [1.165, 1.54) is 7.11 Å². The zero-order valence-electron chi connectivity index (χ0n) is 7.61. The van der Waals surface area contributed by atoms with E-state index in [1.54, 1.807) is 0 Å².